The topological polar surface area (TPSA) is 61.9 Å². The highest BCUT2D eigenvalue weighted by atomic mass is 16.5. The van der Waals surface area contributed by atoms with Gasteiger partial charge in [-0.2, -0.15) is 0 Å². The molecular weight excluding hydrogens is 366 g/mol. The van der Waals surface area contributed by atoms with E-state index >= 15 is 0 Å². The largest absolute Gasteiger partial charge is 0.495 e. The molecule has 1 atom stereocenters. The first-order chi connectivity index (χ1) is 13.9. The minimum Gasteiger partial charge on any atom is -0.495 e. The zero-order valence-corrected chi connectivity index (χ0v) is 17.3. The highest BCUT2D eigenvalue weighted by Gasteiger charge is 2.28. The predicted octanol–water partition coefficient (Wildman–Crippen LogP) is 3.66. The predicted molar refractivity (Wildman–Crippen MR) is 114 cm³/mol. The van der Waals surface area contributed by atoms with Crippen LogP contribution in [-0.2, 0) is 16.1 Å². The van der Waals surface area contributed by atoms with E-state index in [1.54, 1.807) is 18.2 Å². The number of nitrogens with zero attached hydrogens (tertiary/aromatic N) is 2. The van der Waals surface area contributed by atoms with Crippen LogP contribution < -0.4 is 10.1 Å². The Balaban J connectivity index is 1.82. The number of benzene rings is 2. The van der Waals surface area contributed by atoms with Gasteiger partial charge in [-0.1, -0.05) is 30.3 Å². The van der Waals surface area contributed by atoms with Crippen molar-refractivity contribution in [1.29, 1.82) is 0 Å². The molecule has 0 radical (unpaired) electrons. The van der Waals surface area contributed by atoms with Gasteiger partial charge in [-0.05, 0) is 49.0 Å². The standard InChI is InChI=1S/C23H27N3O3/c1-16(27)26-12-11-18-7-5-6-8-19(18)21(26)14-23(28)24-20-13-17(15-25(2)3)9-10-22(20)29-4/h5-13,21H,14-15H2,1-4H3,(H,24,28)/t21-/m0/s1. The van der Waals surface area contributed by atoms with E-state index in [4.69, 9.17) is 4.74 Å². The summed E-state index contributed by atoms with van der Waals surface area (Å²) in [5.74, 6) is 0.332. The van der Waals surface area contributed by atoms with E-state index in [1.165, 1.54) is 6.92 Å². The first-order valence-corrected chi connectivity index (χ1v) is 9.56. The van der Waals surface area contributed by atoms with Crippen LogP contribution >= 0.6 is 0 Å². The van der Waals surface area contributed by atoms with Crippen molar-refractivity contribution in [3.05, 3.63) is 65.4 Å². The summed E-state index contributed by atoms with van der Waals surface area (Å²) < 4.78 is 5.41. The number of anilines is 1. The summed E-state index contributed by atoms with van der Waals surface area (Å²) in [5, 5.41) is 2.97. The smallest absolute Gasteiger partial charge is 0.226 e. The van der Waals surface area contributed by atoms with Gasteiger partial charge in [0.15, 0.2) is 0 Å². The summed E-state index contributed by atoms with van der Waals surface area (Å²) in [4.78, 5) is 28.7. The Morgan fingerprint density at radius 3 is 2.62 bits per heavy atom. The van der Waals surface area contributed by atoms with Gasteiger partial charge in [0.2, 0.25) is 11.8 Å². The van der Waals surface area contributed by atoms with Crippen molar-refractivity contribution in [1.82, 2.24) is 9.80 Å². The van der Waals surface area contributed by atoms with Crippen molar-refractivity contribution in [2.24, 2.45) is 0 Å². The van der Waals surface area contributed by atoms with E-state index in [0.717, 1.165) is 23.2 Å². The van der Waals surface area contributed by atoms with Crippen LogP contribution in [0.15, 0.2) is 48.7 Å². The van der Waals surface area contributed by atoms with Gasteiger partial charge in [0, 0.05) is 19.7 Å². The zero-order chi connectivity index (χ0) is 21.0. The highest BCUT2D eigenvalue weighted by molar-refractivity contribution is 5.93. The molecule has 2 aromatic carbocycles. The molecule has 0 saturated heterocycles. The molecule has 0 spiro atoms. The normalized spacial score (nSPS) is 15.2. The van der Waals surface area contributed by atoms with Gasteiger partial charge >= 0.3 is 0 Å². The molecule has 2 aromatic rings. The third kappa shape index (κ3) is 4.84. The first kappa shape index (κ1) is 20.6. The SMILES string of the molecule is COc1ccc(CN(C)C)cc1NC(=O)C[C@H]1c2ccccc2C=CN1C(C)=O. The van der Waals surface area contributed by atoms with Crippen LogP contribution in [0.3, 0.4) is 0 Å². The van der Waals surface area contributed by atoms with Crippen molar-refractivity contribution < 1.29 is 14.3 Å². The van der Waals surface area contributed by atoms with Crippen molar-refractivity contribution in [3.8, 4) is 5.75 Å². The Labute approximate surface area is 171 Å². The van der Waals surface area contributed by atoms with E-state index in [1.807, 2.05) is 62.6 Å². The lowest BCUT2D eigenvalue weighted by Crippen LogP contribution is -2.33. The van der Waals surface area contributed by atoms with Crippen LogP contribution in [0.4, 0.5) is 5.69 Å². The van der Waals surface area contributed by atoms with Crippen molar-refractivity contribution in [2.45, 2.75) is 25.9 Å². The van der Waals surface area contributed by atoms with Gasteiger partial charge in [-0.3, -0.25) is 9.59 Å². The Bertz CT molecular complexity index is 937. The molecule has 0 bridgehead atoms. The van der Waals surface area contributed by atoms with E-state index in [0.29, 0.717) is 11.4 Å². The number of nitrogens with one attached hydrogen (secondary N) is 1. The number of fused-ring (bicyclic) bond motifs is 1. The number of methoxy groups -OCH3 is 1. The molecule has 0 saturated carbocycles. The van der Waals surface area contributed by atoms with E-state index in [2.05, 4.69) is 10.2 Å². The Morgan fingerprint density at radius 1 is 1.17 bits per heavy atom. The molecule has 6 nitrogen and oxygen atoms in total. The lowest BCUT2D eigenvalue weighted by atomic mass is 9.93. The summed E-state index contributed by atoms with van der Waals surface area (Å²) >= 11 is 0. The summed E-state index contributed by atoms with van der Waals surface area (Å²) in [6.07, 6.45) is 3.81. The minimum atomic E-state index is -0.343. The fraction of sp³-hybridized carbons (Fsp3) is 0.304. The average Bonchev–Trinajstić information content (AvgIpc) is 2.67. The monoisotopic (exact) mass is 393 g/mol. The van der Waals surface area contributed by atoms with Gasteiger partial charge in [-0.15, -0.1) is 0 Å². The molecule has 1 aliphatic rings. The van der Waals surface area contributed by atoms with Gasteiger partial charge < -0.3 is 19.9 Å². The van der Waals surface area contributed by atoms with Gasteiger partial charge in [0.05, 0.1) is 25.3 Å². The van der Waals surface area contributed by atoms with Crippen LogP contribution in [0.5, 0.6) is 5.75 Å². The molecule has 1 N–H and O–H groups in total. The first-order valence-electron chi connectivity index (χ1n) is 9.56. The van der Waals surface area contributed by atoms with Gasteiger partial charge in [0.1, 0.15) is 5.75 Å². The fourth-order valence-electron chi connectivity index (χ4n) is 3.61. The zero-order valence-electron chi connectivity index (χ0n) is 17.3. The second-order valence-corrected chi connectivity index (χ2v) is 7.41. The molecular formula is C23H27N3O3. The lowest BCUT2D eigenvalue weighted by Gasteiger charge is -2.32. The molecule has 1 aliphatic heterocycles. The molecule has 0 fully saturated rings. The molecule has 6 heteroatoms. The Hall–Kier alpha value is -3.12. The Morgan fingerprint density at radius 2 is 1.93 bits per heavy atom. The van der Waals surface area contributed by atoms with Crippen LogP contribution in [0.2, 0.25) is 0 Å². The maximum absolute atomic E-state index is 12.9. The summed E-state index contributed by atoms with van der Waals surface area (Å²) in [5.41, 5.74) is 3.69. The molecule has 1 heterocycles. The number of carbonyl (C=O) groups excluding carboxylic acids is 2. The number of rotatable bonds is 6. The molecule has 0 aromatic heterocycles. The van der Waals surface area contributed by atoms with Gasteiger partial charge in [0.25, 0.3) is 0 Å². The average molecular weight is 393 g/mol. The van der Waals surface area contributed by atoms with Crippen molar-refractivity contribution in [3.63, 3.8) is 0 Å². The number of amides is 2. The van der Waals surface area contributed by atoms with Crippen LogP contribution in [0.25, 0.3) is 6.08 Å². The molecule has 3 rings (SSSR count). The maximum Gasteiger partial charge on any atom is 0.226 e. The molecule has 0 aliphatic carbocycles. The molecule has 0 unspecified atom stereocenters. The summed E-state index contributed by atoms with van der Waals surface area (Å²) in [7, 11) is 5.57. The Kier molecular flexibility index (Phi) is 6.34. The van der Waals surface area contributed by atoms with Crippen molar-refractivity contribution >= 4 is 23.6 Å². The number of hydrogen-bond donors (Lipinski definition) is 1. The van der Waals surface area contributed by atoms with Crippen LogP contribution in [0.1, 0.15) is 36.1 Å². The molecule has 29 heavy (non-hydrogen) atoms. The third-order valence-corrected chi connectivity index (χ3v) is 4.88. The van der Waals surface area contributed by atoms with E-state index in [9.17, 15) is 9.59 Å². The number of carbonyl (C=O) groups is 2. The minimum absolute atomic E-state index is 0.0980. The van der Waals surface area contributed by atoms with Crippen LogP contribution in [-0.4, -0.2) is 42.8 Å². The van der Waals surface area contributed by atoms with Crippen LogP contribution in [0, 0.1) is 0 Å². The van der Waals surface area contributed by atoms with Gasteiger partial charge in [-0.25, -0.2) is 0 Å². The third-order valence-electron chi connectivity index (χ3n) is 4.88. The fourth-order valence-corrected chi connectivity index (χ4v) is 3.61. The molecule has 2 amide bonds. The second-order valence-electron chi connectivity index (χ2n) is 7.41. The van der Waals surface area contributed by atoms with E-state index in [-0.39, 0.29) is 24.3 Å². The van der Waals surface area contributed by atoms with Crippen molar-refractivity contribution in [2.75, 3.05) is 26.5 Å². The maximum atomic E-state index is 12.9. The number of ether oxygens (including phenoxy) is 1. The second kappa shape index (κ2) is 8.92. The summed E-state index contributed by atoms with van der Waals surface area (Å²) in [6.45, 7) is 2.27. The molecule has 152 valence electrons. The quantitative estimate of drug-likeness (QED) is 0.814. The summed E-state index contributed by atoms with van der Waals surface area (Å²) in [6, 6.07) is 13.2. The lowest BCUT2D eigenvalue weighted by molar-refractivity contribution is -0.129. The highest BCUT2D eigenvalue weighted by Crippen LogP contribution is 2.34. The number of hydrogen-bond acceptors (Lipinski definition) is 4. The van der Waals surface area contributed by atoms with E-state index < -0.39 is 0 Å².